The van der Waals surface area contributed by atoms with Gasteiger partial charge < -0.3 is 4.90 Å². The maximum Gasteiger partial charge on any atom is 0.261 e. The van der Waals surface area contributed by atoms with Crippen molar-refractivity contribution in [3.63, 3.8) is 0 Å². The molecule has 2 amide bonds. The van der Waals surface area contributed by atoms with Crippen molar-refractivity contribution in [2.24, 2.45) is 0 Å². The van der Waals surface area contributed by atoms with Gasteiger partial charge in [0.05, 0.1) is 5.69 Å². The summed E-state index contributed by atoms with van der Waals surface area (Å²) in [5.74, 6) is -0.551. The summed E-state index contributed by atoms with van der Waals surface area (Å²) in [7, 11) is 1.54. The van der Waals surface area contributed by atoms with Gasteiger partial charge in [0.15, 0.2) is 0 Å². The normalized spacial score (nSPS) is 14.4. The molecule has 8 rings (SSSR count). The second-order valence-corrected chi connectivity index (χ2v) is 13.2. The zero-order valence-corrected chi connectivity index (χ0v) is 26.7. The van der Waals surface area contributed by atoms with Crippen LogP contribution in [0.4, 0.5) is 17.1 Å². The highest BCUT2D eigenvalue weighted by atomic mass is 16.2. The molecule has 6 aromatic rings. The van der Waals surface area contributed by atoms with Crippen LogP contribution in [0.25, 0.3) is 33.0 Å². The van der Waals surface area contributed by atoms with Crippen molar-refractivity contribution >= 4 is 39.6 Å². The van der Waals surface area contributed by atoms with Crippen LogP contribution in [-0.4, -0.2) is 23.8 Å². The lowest BCUT2D eigenvalue weighted by Crippen LogP contribution is -2.37. The number of carbonyl (C=O) groups excluding carboxylic acids is 2. The Balaban J connectivity index is 1.24. The van der Waals surface area contributed by atoms with Gasteiger partial charge in [-0.3, -0.25) is 14.5 Å². The van der Waals surface area contributed by atoms with E-state index in [4.69, 9.17) is 0 Å². The standard InChI is InChI=1S/C42H34N2O2/c1-25-9-15-29(16-10-25)44(38-22-21-35-39-33(38)7-6-8-34(39)40(45)43(5)41(35)46)30-17-12-27(13-18-30)28-14-20-32-31-19-11-26(2)23-36(31)42(3,4)37(32)24-28/h6-24H,1-5H3. The van der Waals surface area contributed by atoms with Crippen molar-refractivity contribution in [2.75, 3.05) is 11.9 Å². The molecular formula is C42H34N2O2. The van der Waals surface area contributed by atoms with Crippen LogP contribution < -0.4 is 4.90 Å². The first kappa shape index (κ1) is 28.0. The first-order valence-electron chi connectivity index (χ1n) is 15.7. The van der Waals surface area contributed by atoms with Gasteiger partial charge in [0.1, 0.15) is 0 Å². The zero-order valence-electron chi connectivity index (χ0n) is 26.7. The van der Waals surface area contributed by atoms with Crippen LogP contribution in [0.3, 0.4) is 0 Å². The maximum atomic E-state index is 13.1. The lowest BCUT2D eigenvalue weighted by molar-refractivity contribution is 0.0650. The molecule has 1 aliphatic heterocycles. The Labute approximate surface area is 269 Å². The van der Waals surface area contributed by atoms with E-state index >= 15 is 0 Å². The molecule has 4 nitrogen and oxygen atoms in total. The minimum Gasteiger partial charge on any atom is -0.310 e. The number of rotatable bonds is 4. The number of amides is 2. The van der Waals surface area contributed by atoms with Crippen LogP contribution in [0.2, 0.25) is 0 Å². The maximum absolute atomic E-state index is 13.1. The average molecular weight is 599 g/mol. The Hall–Kier alpha value is -5.48. The molecule has 4 heteroatoms. The van der Waals surface area contributed by atoms with Gasteiger partial charge >= 0.3 is 0 Å². The molecule has 1 heterocycles. The molecule has 0 spiro atoms. The largest absolute Gasteiger partial charge is 0.310 e. The molecule has 0 radical (unpaired) electrons. The summed E-state index contributed by atoms with van der Waals surface area (Å²) in [4.78, 5) is 29.7. The van der Waals surface area contributed by atoms with Gasteiger partial charge in [-0.05, 0) is 95.8 Å². The molecule has 6 aromatic carbocycles. The van der Waals surface area contributed by atoms with Gasteiger partial charge in [-0.1, -0.05) is 91.7 Å². The number of anilines is 3. The number of imide groups is 1. The predicted octanol–water partition coefficient (Wildman–Crippen LogP) is 10.1. The molecule has 0 atom stereocenters. The molecule has 0 N–H and O–H groups in total. The number of fused-ring (bicyclic) bond motifs is 3. The van der Waals surface area contributed by atoms with Crippen molar-refractivity contribution < 1.29 is 9.59 Å². The molecule has 0 saturated carbocycles. The van der Waals surface area contributed by atoms with Gasteiger partial charge in [-0.25, -0.2) is 0 Å². The minimum atomic E-state index is -0.276. The fraction of sp³-hybridized carbons (Fsp3) is 0.143. The topological polar surface area (TPSA) is 40.6 Å². The third-order valence-electron chi connectivity index (χ3n) is 9.91. The van der Waals surface area contributed by atoms with E-state index in [0.717, 1.165) is 28.0 Å². The first-order valence-corrected chi connectivity index (χ1v) is 15.7. The molecule has 46 heavy (non-hydrogen) atoms. The van der Waals surface area contributed by atoms with Gasteiger partial charge in [-0.2, -0.15) is 0 Å². The Morgan fingerprint density at radius 2 is 1.11 bits per heavy atom. The van der Waals surface area contributed by atoms with E-state index in [-0.39, 0.29) is 17.2 Å². The summed E-state index contributed by atoms with van der Waals surface area (Å²) < 4.78 is 0. The van der Waals surface area contributed by atoms with Crippen LogP contribution in [-0.2, 0) is 5.41 Å². The Morgan fingerprint density at radius 1 is 0.565 bits per heavy atom. The first-order chi connectivity index (χ1) is 22.1. The fourth-order valence-electron chi connectivity index (χ4n) is 7.35. The third-order valence-corrected chi connectivity index (χ3v) is 9.91. The Kier molecular flexibility index (Phi) is 6.10. The second kappa shape index (κ2) is 10.0. The fourth-order valence-corrected chi connectivity index (χ4v) is 7.35. The highest BCUT2D eigenvalue weighted by Gasteiger charge is 2.36. The van der Waals surface area contributed by atoms with Crippen LogP contribution in [0.15, 0.2) is 115 Å². The number of hydrogen-bond acceptors (Lipinski definition) is 3. The highest BCUT2D eigenvalue weighted by molar-refractivity contribution is 6.27. The Bertz CT molecular complexity index is 2220. The average Bonchev–Trinajstić information content (AvgIpc) is 3.29. The smallest absolute Gasteiger partial charge is 0.261 e. The van der Waals surface area contributed by atoms with E-state index in [2.05, 4.69) is 118 Å². The van der Waals surface area contributed by atoms with E-state index in [0.29, 0.717) is 16.5 Å². The third kappa shape index (κ3) is 4.06. The summed E-state index contributed by atoms with van der Waals surface area (Å²) in [5.41, 5.74) is 14.1. The molecule has 0 saturated heterocycles. The quantitative estimate of drug-likeness (QED) is 0.190. The van der Waals surface area contributed by atoms with Crippen LogP contribution in [0.5, 0.6) is 0 Å². The molecule has 1 aliphatic carbocycles. The molecular weight excluding hydrogens is 564 g/mol. The van der Waals surface area contributed by atoms with E-state index in [1.165, 1.54) is 43.8 Å². The molecule has 224 valence electrons. The molecule has 2 aliphatic rings. The van der Waals surface area contributed by atoms with Crippen molar-refractivity contribution in [2.45, 2.75) is 33.1 Å². The summed E-state index contributed by atoms with van der Waals surface area (Å²) in [6.45, 7) is 8.89. The number of aryl methyl sites for hydroxylation is 2. The van der Waals surface area contributed by atoms with Crippen molar-refractivity contribution in [3.05, 3.63) is 149 Å². The molecule has 0 fully saturated rings. The number of hydrogen-bond donors (Lipinski definition) is 0. The predicted molar refractivity (Wildman–Crippen MR) is 188 cm³/mol. The second-order valence-electron chi connectivity index (χ2n) is 13.2. The summed E-state index contributed by atoms with van der Waals surface area (Å²) in [6, 6.07) is 40.4. The number of carbonyl (C=O) groups is 2. The van der Waals surface area contributed by atoms with E-state index in [9.17, 15) is 9.59 Å². The minimum absolute atomic E-state index is 0.0684. The summed E-state index contributed by atoms with van der Waals surface area (Å²) in [6.07, 6.45) is 0. The Morgan fingerprint density at radius 3 is 1.80 bits per heavy atom. The molecule has 0 bridgehead atoms. The molecule has 0 aromatic heterocycles. The van der Waals surface area contributed by atoms with Gasteiger partial charge in [0.25, 0.3) is 11.8 Å². The van der Waals surface area contributed by atoms with Gasteiger partial charge in [0, 0.05) is 45.7 Å². The van der Waals surface area contributed by atoms with Gasteiger partial charge in [-0.15, -0.1) is 0 Å². The van der Waals surface area contributed by atoms with E-state index < -0.39 is 0 Å². The van der Waals surface area contributed by atoms with E-state index in [1.807, 2.05) is 30.3 Å². The highest BCUT2D eigenvalue weighted by Crippen LogP contribution is 2.50. The SMILES string of the molecule is Cc1ccc(N(c2ccc(-c3ccc4c(c3)C(C)(C)c3cc(C)ccc3-4)cc2)c2ccc3c4c(cccc24)C(=O)N(C)C3=O)cc1. The van der Waals surface area contributed by atoms with Crippen molar-refractivity contribution in [3.8, 4) is 22.3 Å². The lowest BCUT2D eigenvalue weighted by atomic mass is 9.81. The monoisotopic (exact) mass is 598 g/mol. The lowest BCUT2D eigenvalue weighted by Gasteiger charge is -2.30. The zero-order chi connectivity index (χ0) is 31.9. The van der Waals surface area contributed by atoms with Crippen LogP contribution in [0, 0.1) is 13.8 Å². The summed E-state index contributed by atoms with van der Waals surface area (Å²) >= 11 is 0. The van der Waals surface area contributed by atoms with Crippen molar-refractivity contribution in [1.29, 1.82) is 0 Å². The van der Waals surface area contributed by atoms with Gasteiger partial charge in [0.2, 0.25) is 0 Å². The van der Waals surface area contributed by atoms with E-state index in [1.54, 1.807) is 7.05 Å². The number of benzene rings is 6. The summed E-state index contributed by atoms with van der Waals surface area (Å²) in [5, 5.41) is 1.57. The van der Waals surface area contributed by atoms with Crippen LogP contribution in [0.1, 0.15) is 56.8 Å². The van der Waals surface area contributed by atoms with Crippen LogP contribution >= 0.6 is 0 Å². The molecule has 0 unspecified atom stereocenters. The number of nitrogens with zero attached hydrogens (tertiary/aromatic N) is 2. The van der Waals surface area contributed by atoms with Crippen molar-refractivity contribution in [1.82, 2.24) is 4.90 Å².